The molecular formula is C18H19Cl2N5O4. The van der Waals surface area contributed by atoms with Gasteiger partial charge in [0.05, 0.1) is 10.6 Å². The Balaban J connectivity index is 1.53. The maximum absolute atomic E-state index is 12.6. The summed E-state index contributed by atoms with van der Waals surface area (Å²) in [7, 11) is 0. The van der Waals surface area contributed by atoms with Gasteiger partial charge in [-0.25, -0.2) is 0 Å². The Morgan fingerprint density at radius 3 is 2.41 bits per heavy atom. The van der Waals surface area contributed by atoms with E-state index in [0.29, 0.717) is 54.2 Å². The molecule has 1 saturated heterocycles. The molecule has 1 aromatic carbocycles. The lowest BCUT2D eigenvalue weighted by Crippen LogP contribution is -2.50. The van der Waals surface area contributed by atoms with E-state index in [4.69, 9.17) is 23.2 Å². The molecule has 2 amide bonds. The van der Waals surface area contributed by atoms with Gasteiger partial charge in [-0.1, -0.05) is 23.2 Å². The first kappa shape index (κ1) is 21.1. The third-order valence-corrected chi connectivity index (χ3v) is 5.35. The van der Waals surface area contributed by atoms with E-state index in [9.17, 15) is 19.7 Å². The van der Waals surface area contributed by atoms with Crippen LogP contribution < -0.4 is 0 Å². The van der Waals surface area contributed by atoms with Gasteiger partial charge in [-0.2, -0.15) is 0 Å². The van der Waals surface area contributed by atoms with E-state index in [1.807, 2.05) is 0 Å². The number of rotatable bonds is 5. The first-order valence-electron chi connectivity index (χ1n) is 8.96. The van der Waals surface area contributed by atoms with Crippen LogP contribution in [-0.2, 0) is 11.3 Å². The molecule has 11 heteroatoms. The molecule has 154 valence electrons. The van der Waals surface area contributed by atoms with Gasteiger partial charge in [0, 0.05) is 51.1 Å². The SMILES string of the molecule is Cc1nc([N+](=O)[O-])cn1CCC(=O)N1CCN(C(=O)c2ccc(Cl)cc2Cl)CC1. The van der Waals surface area contributed by atoms with Crippen LogP contribution in [0.5, 0.6) is 0 Å². The number of nitro groups is 1. The molecule has 0 aliphatic carbocycles. The van der Waals surface area contributed by atoms with Crippen molar-refractivity contribution < 1.29 is 14.5 Å². The van der Waals surface area contributed by atoms with Gasteiger partial charge >= 0.3 is 5.82 Å². The Bertz CT molecular complexity index is 954. The van der Waals surface area contributed by atoms with Crippen LogP contribution in [0.25, 0.3) is 0 Å². The van der Waals surface area contributed by atoms with Crippen molar-refractivity contribution in [3.8, 4) is 0 Å². The summed E-state index contributed by atoms with van der Waals surface area (Å²) < 4.78 is 1.60. The van der Waals surface area contributed by atoms with Crippen LogP contribution in [0.1, 0.15) is 22.6 Å². The Kier molecular flexibility index (Phi) is 6.39. The zero-order valence-corrected chi connectivity index (χ0v) is 17.2. The van der Waals surface area contributed by atoms with Gasteiger partial charge in [0.25, 0.3) is 5.91 Å². The maximum atomic E-state index is 12.6. The lowest BCUT2D eigenvalue weighted by molar-refractivity contribution is -0.389. The van der Waals surface area contributed by atoms with E-state index in [1.54, 1.807) is 33.4 Å². The maximum Gasteiger partial charge on any atom is 0.381 e. The Hall–Kier alpha value is -2.65. The summed E-state index contributed by atoms with van der Waals surface area (Å²) in [6, 6.07) is 4.73. The average molecular weight is 440 g/mol. The number of carbonyl (C=O) groups is 2. The van der Waals surface area contributed by atoms with Crippen molar-refractivity contribution >= 4 is 40.8 Å². The highest BCUT2D eigenvalue weighted by molar-refractivity contribution is 6.36. The summed E-state index contributed by atoms with van der Waals surface area (Å²) in [5, 5.41) is 11.5. The van der Waals surface area contributed by atoms with Gasteiger partial charge in [-0.3, -0.25) is 9.59 Å². The quantitative estimate of drug-likeness (QED) is 0.526. The lowest BCUT2D eigenvalue weighted by atomic mass is 10.1. The molecule has 0 radical (unpaired) electrons. The number of aryl methyl sites for hydroxylation is 2. The van der Waals surface area contributed by atoms with Gasteiger partial charge in [0.15, 0.2) is 0 Å². The summed E-state index contributed by atoms with van der Waals surface area (Å²) in [5.41, 5.74) is 0.382. The summed E-state index contributed by atoms with van der Waals surface area (Å²) in [6.07, 6.45) is 1.53. The molecule has 9 nitrogen and oxygen atoms in total. The minimum absolute atomic E-state index is 0.0719. The summed E-state index contributed by atoms with van der Waals surface area (Å²) >= 11 is 12.0. The van der Waals surface area contributed by atoms with Gasteiger partial charge in [-0.15, -0.1) is 0 Å². The van der Waals surface area contributed by atoms with E-state index in [0.717, 1.165) is 0 Å². The molecule has 1 fully saturated rings. The Morgan fingerprint density at radius 2 is 1.83 bits per heavy atom. The number of hydrogen-bond acceptors (Lipinski definition) is 5. The summed E-state index contributed by atoms with van der Waals surface area (Å²) in [6.45, 7) is 3.60. The average Bonchev–Trinajstić information content (AvgIpc) is 3.07. The van der Waals surface area contributed by atoms with E-state index in [-0.39, 0.29) is 24.1 Å². The predicted molar refractivity (Wildman–Crippen MR) is 107 cm³/mol. The largest absolute Gasteiger partial charge is 0.381 e. The number of imidazole rings is 1. The second-order valence-corrected chi connectivity index (χ2v) is 7.49. The number of aromatic nitrogens is 2. The highest BCUT2D eigenvalue weighted by Gasteiger charge is 2.26. The van der Waals surface area contributed by atoms with E-state index < -0.39 is 4.92 Å². The Labute approximate surface area is 177 Å². The molecule has 1 aromatic heterocycles. The molecule has 0 N–H and O–H groups in total. The number of hydrogen-bond donors (Lipinski definition) is 0. The third-order valence-electron chi connectivity index (χ3n) is 4.80. The number of carbonyl (C=O) groups excluding carboxylic acids is 2. The van der Waals surface area contributed by atoms with Crippen LogP contribution in [0, 0.1) is 17.0 Å². The van der Waals surface area contributed by atoms with Crippen LogP contribution in [0.3, 0.4) is 0 Å². The molecular weight excluding hydrogens is 421 g/mol. The normalized spacial score (nSPS) is 14.2. The van der Waals surface area contributed by atoms with Gasteiger partial charge in [0.1, 0.15) is 6.20 Å². The second kappa shape index (κ2) is 8.79. The smallest absolute Gasteiger partial charge is 0.358 e. The van der Waals surface area contributed by atoms with E-state index >= 15 is 0 Å². The van der Waals surface area contributed by atoms with E-state index in [1.165, 1.54) is 12.3 Å². The molecule has 0 spiro atoms. The second-order valence-electron chi connectivity index (χ2n) is 6.64. The van der Waals surface area contributed by atoms with Crippen molar-refractivity contribution in [2.75, 3.05) is 26.2 Å². The number of nitrogens with zero attached hydrogens (tertiary/aromatic N) is 5. The molecule has 0 bridgehead atoms. The fourth-order valence-corrected chi connectivity index (χ4v) is 3.66. The topological polar surface area (TPSA) is 102 Å². The number of benzene rings is 1. The highest BCUT2D eigenvalue weighted by Crippen LogP contribution is 2.23. The predicted octanol–water partition coefficient (Wildman–Crippen LogP) is 2.78. The fraction of sp³-hybridized carbons (Fsp3) is 0.389. The zero-order valence-electron chi connectivity index (χ0n) is 15.7. The van der Waals surface area contributed by atoms with Gasteiger partial charge in [-0.05, 0) is 28.1 Å². The molecule has 3 rings (SSSR count). The van der Waals surface area contributed by atoms with Crippen LogP contribution in [0.4, 0.5) is 5.82 Å². The number of amides is 2. The van der Waals surface area contributed by atoms with Crippen molar-refractivity contribution in [3.05, 3.63) is 55.9 Å². The van der Waals surface area contributed by atoms with Crippen LogP contribution in [-0.4, -0.2) is 62.3 Å². The molecule has 1 aliphatic heterocycles. The Morgan fingerprint density at radius 1 is 1.17 bits per heavy atom. The van der Waals surface area contributed by atoms with Crippen molar-refractivity contribution in [2.24, 2.45) is 0 Å². The van der Waals surface area contributed by atoms with Gasteiger partial charge in [0.2, 0.25) is 11.7 Å². The van der Waals surface area contributed by atoms with Crippen LogP contribution in [0.2, 0.25) is 10.0 Å². The van der Waals surface area contributed by atoms with Crippen molar-refractivity contribution in [1.82, 2.24) is 19.4 Å². The van der Waals surface area contributed by atoms with Crippen LogP contribution in [0.15, 0.2) is 24.4 Å². The first-order chi connectivity index (χ1) is 13.8. The monoisotopic (exact) mass is 439 g/mol. The standard InChI is InChI=1S/C18H19Cl2N5O4/c1-12-21-16(25(28)29)11-24(12)5-4-17(26)22-6-8-23(9-7-22)18(27)14-3-2-13(19)10-15(14)20/h2-3,10-11H,4-9H2,1H3. The molecule has 2 heterocycles. The fourth-order valence-electron chi connectivity index (χ4n) is 3.17. The third kappa shape index (κ3) is 4.86. The first-order valence-corrected chi connectivity index (χ1v) is 9.72. The minimum Gasteiger partial charge on any atom is -0.358 e. The molecule has 2 aromatic rings. The molecule has 1 aliphatic rings. The van der Waals surface area contributed by atoms with Crippen LogP contribution >= 0.6 is 23.2 Å². The molecule has 0 atom stereocenters. The number of halogens is 2. The summed E-state index contributed by atoms with van der Waals surface area (Å²) in [5.74, 6) is -0.0137. The van der Waals surface area contributed by atoms with Gasteiger partial charge < -0.3 is 24.5 Å². The zero-order chi connectivity index (χ0) is 21.1. The molecule has 0 unspecified atom stereocenters. The van der Waals surface area contributed by atoms with E-state index in [2.05, 4.69) is 4.98 Å². The molecule has 0 saturated carbocycles. The molecule has 29 heavy (non-hydrogen) atoms. The minimum atomic E-state index is -0.561. The number of piperazine rings is 1. The van der Waals surface area contributed by atoms with Crippen molar-refractivity contribution in [1.29, 1.82) is 0 Å². The van der Waals surface area contributed by atoms with Crippen molar-refractivity contribution in [2.45, 2.75) is 19.9 Å². The summed E-state index contributed by atoms with van der Waals surface area (Å²) in [4.78, 5) is 42.5. The lowest BCUT2D eigenvalue weighted by Gasteiger charge is -2.35. The highest BCUT2D eigenvalue weighted by atomic mass is 35.5. The van der Waals surface area contributed by atoms with Crippen molar-refractivity contribution in [3.63, 3.8) is 0 Å².